The average molecular weight is 428 g/mol. The molecule has 0 saturated carbocycles. The van der Waals surface area contributed by atoms with Gasteiger partial charge in [-0.3, -0.25) is 9.79 Å². The Balaban J connectivity index is 0.00000400. The van der Waals surface area contributed by atoms with E-state index >= 15 is 0 Å². The molecule has 7 heteroatoms. The van der Waals surface area contributed by atoms with Crippen LogP contribution >= 0.6 is 35.7 Å². The van der Waals surface area contributed by atoms with E-state index in [0.717, 1.165) is 38.4 Å². The molecule has 5 nitrogen and oxygen atoms in total. The Kier molecular flexibility index (Phi) is 12.3. The van der Waals surface area contributed by atoms with Crippen LogP contribution in [-0.4, -0.2) is 61.5 Å². The first-order chi connectivity index (χ1) is 9.67. The summed E-state index contributed by atoms with van der Waals surface area (Å²) in [5, 5.41) is 6.72. The number of hydrogen-bond acceptors (Lipinski definition) is 3. The van der Waals surface area contributed by atoms with Gasteiger partial charge in [0.1, 0.15) is 0 Å². The highest BCUT2D eigenvalue weighted by Crippen LogP contribution is 2.09. The average Bonchev–Trinajstić information content (AvgIpc) is 2.43. The van der Waals surface area contributed by atoms with Gasteiger partial charge in [0.25, 0.3) is 0 Å². The van der Waals surface area contributed by atoms with Gasteiger partial charge in [-0.25, -0.2) is 0 Å². The molecule has 1 saturated heterocycles. The van der Waals surface area contributed by atoms with E-state index in [-0.39, 0.29) is 29.9 Å². The number of aliphatic imine (C=N–C) groups is 1. The molecule has 21 heavy (non-hydrogen) atoms. The largest absolute Gasteiger partial charge is 0.357 e. The molecular weight excluding hydrogens is 399 g/mol. The molecule has 1 amide bonds. The molecule has 124 valence electrons. The van der Waals surface area contributed by atoms with Gasteiger partial charge in [0.15, 0.2) is 5.96 Å². The van der Waals surface area contributed by atoms with Crippen LogP contribution in [-0.2, 0) is 4.79 Å². The van der Waals surface area contributed by atoms with Crippen molar-refractivity contribution in [3.8, 4) is 0 Å². The summed E-state index contributed by atoms with van der Waals surface area (Å²) in [7, 11) is 1.86. The number of likely N-dealkylation sites (tertiary alicyclic amines) is 1. The summed E-state index contributed by atoms with van der Waals surface area (Å²) in [4.78, 5) is 17.9. The smallest absolute Gasteiger partial charge is 0.222 e. The summed E-state index contributed by atoms with van der Waals surface area (Å²) in [6, 6.07) is 0.307. The molecule has 1 heterocycles. The highest BCUT2D eigenvalue weighted by Gasteiger charge is 2.23. The lowest BCUT2D eigenvalue weighted by molar-refractivity contribution is -0.132. The van der Waals surface area contributed by atoms with Crippen molar-refractivity contribution in [3.05, 3.63) is 0 Å². The van der Waals surface area contributed by atoms with Crippen molar-refractivity contribution in [2.75, 3.05) is 38.7 Å². The second kappa shape index (κ2) is 12.4. The van der Waals surface area contributed by atoms with E-state index in [2.05, 4.69) is 28.8 Å². The lowest BCUT2D eigenvalue weighted by Gasteiger charge is -2.31. The van der Waals surface area contributed by atoms with E-state index in [1.807, 2.05) is 18.8 Å². The highest BCUT2D eigenvalue weighted by molar-refractivity contribution is 14.0. The Bertz CT molecular complexity index is 328. The van der Waals surface area contributed by atoms with E-state index in [1.54, 1.807) is 4.90 Å². The summed E-state index contributed by atoms with van der Waals surface area (Å²) in [6.45, 7) is 4.55. The molecule has 0 spiro atoms. The van der Waals surface area contributed by atoms with Crippen molar-refractivity contribution in [1.82, 2.24) is 15.5 Å². The third-order valence-corrected chi connectivity index (χ3v) is 4.04. The first-order valence-electron chi connectivity index (χ1n) is 7.45. The zero-order valence-electron chi connectivity index (χ0n) is 13.4. The van der Waals surface area contributed by atoms with Gasteiger partial charge in [-0.05, 0) is 38.2 Å². The number of guanidine groups is 1. The summed E-state index contributed by atoms with van der Waals surface area (Å²) in [5.41, 5.74) is 0. The minimum atomic E-state index is 0. The number of halogens is 1. The SMILES string of the molecule is CCNC(=NCCCCSC)NC1CCC(=O)N(C)C1.I. The van der Waals surface area contributed by atoms with Crippen molar-refractivity contribution in [2.24, 2.45) is 4.99 Å². The fourth-order valence-electron chi connectivity index (χ4n) is 2.19. The molecule has 0 aliphatic carbocycles. The van der Waals surface area contributed by atoms with Crippen LogP contribution in [0.1, 0.15) is 32.6 Å². The van der Waals surface area contributed by atoms with Crippen molar-refractivity contribution >= 4 is 47.6 Å². The monoisotopic (exact) mass is 428 g/mol. The number of unbranched alkanes of at least 4 members (excludes halogenated alkanes) is 1. The van der Waals surface area contributed by atoms with Crippen molar-refractivity contribution < 1.29 is 4.79 Å². The normalized spacial score (nSPS) is 19.2. The third-order valence-electron chi connectivity index (χ3n) is 3.34. The van der Waals surface area contributed by atoms with Gasteiger partial charge < -0.3 is 15.5 Å². The third kappa shape index (κ3) is 8.75. The topological polar surface area (TPSA) is 56.7 Å². The van der Waals surface area contributed by atoms with Gasteiger partial charge >= 0.3 is 0 Å². The molecule has 1 atom stereocenters. The Morgan fingerprint density at radius 3 is 2.86 bits per heavy atom. The van der Waals surface area contributed by atoms with Gasteiger partial charge in [0, 0.05) is 39.1 Å². The molecule has 0 aromatic heterocycles. The Hall–Kier alpha value is -0.180. The number of amides is 1. The van der Waals surface area contributed by atoms with Crippen LogP contribution in [0.4, 0.5) is 0 Å². The van der Waals surface area contributed by atoms with Gasteiger partial charge in [-0.2, -0.15) is 11.8 Å². The molecular formula is C14H29IN4OS. The second-order valence-corrected chi connectivity index (χ2v) is 6.10. The number of likely N-dealkylation sites (N-methyl/N-ethyl adjacent to an activating group) is 1. The molecule has 1 aliphatic heterocycles. The van der Waals surface area contributed by atoms with E-state index in [0.29, 0.717) is 12.5 Å². The number of nitrogens with zero attached hydrogens (tertiary/aromatic N) is 2. The summed E-state index contributed by atoms with van der Waals surface area (Å²) < 4.78 is 0. The first kappa shape index (κ1) is 20.8. The molecule has 1 rings (SSSR count). The maximum Gasteiger partial charge on any atom is 0.222 e. The van der Waals surface area contributed by atoms with E-state index in [9.17, 15) is 4.79 Å². The number of piperidine rings is 1. The van der Waals surface area contributed by atoms with Crippen LogP contribution in [0.2, 0.25) is 0 Å². The van der Waals surface area contributed by atoms with E-state index in [1.165, 1.54) is 12.2 Å². The number of hydrogen-bond donors (Lipinski definition) is 2. The second-order valence-electron chi connectivity index (χ2n) is 5.11. The van der Waals surface area contributed by atoms with Crippen LogP contribution in [0.15, 0.2) is 4.99 Å². The predicted octanol–water partition coefficient (Wildman–Crippen LogP) is 1.92. The van der Waals surface area contributed by atoms with Gasteiger partial charge in [-0.15, -0.1) is 24.0 Å². The zero-order valence-corrected chi connectivity index (χ0v) is 16.5. The number of carbonyl (C=O) groups excluding carboxylic acids is 1. The number of nitrogens with one attached hydrogen (secondary N) is 2. The minimum Gasteiger partial charge on any atom is -0.357 e. The zero-order chi connectivity index (χ0) is 14.8. The minimum absolute atomic E-state index is 0. The highest BCUT2D eigenvalue weighted by atomic mass is 127. The van der Waals surface area contributed by atoms with Gasteiger partial charge in [-0.1, -0.05) is 0 Å². The maximum absolute atomic E-state index is 11.5. The fraction of sp³-hybridized carbons (Fsp3) is 0.857. The number of thioether (sulfide) groups is 1. The van der Waals surface area contributed by atoms with Gasteiger partial charge in [0.2, 0.25) is 5.91 Å². The van der Waals surface area contributed by atoms with Crippen LogP contribution in [0, 0.1) is 0 Å². The summed E-state index contributed by atoms with van der Waals surface area (Å²) in [6.07, 6.45) is 5.99. The lowest BCUT2D eigenvalue weighted by Crippen LogP contribution is -2.51. The quantitative estimate of drug-likeness (QED) is 0.282. The molecule has 1 aliphatic rings. The molecule has 0 aromatic carbocycles. The fourth-order valence-corrected chi connectivity index (χ4v) is 2.69. The van der Waals surface area contributed by atoms with Crippen molar-refractivity contribution in [3.63, 3.8) is 0 Å². The summed E-state index contributed by atoms with van der Waals surface area (Å²) in [5.74, 6) is 2.32. The van der Waals surface area contributed by atoms with Crippen molar-refractivity contribution in [1.29, 1.82) is 0 Å². The first-order valence-corrected chi connectivity index (χ1v) is 8.84. The summed E-state index contributed by atoms with van der Waals surface area (Å²) >= 11 is 1.88. The van der Waals surface area contributed by atoms with Crippen molar-refractivity contribution in [2.45, 2.75) is 38.6 Å². The standard InChI is InChI=1S/C14H28N4OS.HI/c1-4-15-14(16-9-5-6-10-20-3)17-12-7-8-13(19)18(2)11-12;/h12H,4-11H2,1-3H3,(H2,15,16,17);1H. The van der Waals surface area contributed by atoms with E-state index in [4.69, 9.17) is 0 Å². The number of rotatable bonds is 7. The molecule has 2 N–H and O–H groups in total. The molecule has 1 fully saturated rings. The number of carbonyl (C=O) groups is 1. The van der Waals surface area contributed by atoms with E-state index < -0.39 is 0 Å². The predicted molar refractivity (Wildman–Crippen MR) is 103 cm³/mol. The van der Waals surface area contributed by atoms with Crippen LogP contribution in [0.3, 0.4) is 0 Å². The maximum atomic E-state index is 11.5. The molecule has 0 bridgehead atoms. The Labute approximate surface area is 150 Å². The lowest BCUT2D eigenvalue weighted by atomic mass is 10.1. The molecule has 1 unspecified atom stereocenters. The van der Waals surface area contributed by atoms with Gasteiger partial charge in [0.05, 0.1) is 0 Å². The Morgan fingerprint density at radius 2 is 2.24 bits per heavy atom. The molecule has 0 radical (unpaired) electrons. The molecule has 0 aromatic rings. The Morgan fingerprint density at radius 1 is 1.48 bits per heavy atom. The van der Waals surface area contributed by atoms with Crippen LogP contribution in [0.5, 0.6) is 0 Å². The van der Waals surface area contributed by atoms with Crippen LogP contribution < -0.4 is 10.6 Å². The van der Waals surface area contributed by atoms with Crippen LogP contribution in [0.25, 0.3) is 0 Å².